The van der Waals surface area contributed by atoms with Crippen LogP contribution < -0.4 is 10.1 Å². The molecule has 0 aliphatic rings. The molecular formula is C19H22N2O4. The van der Waals surface area contributed by atoms with E-state index < -0.39 is 11.0 Å². The number of hydrogen-bond acceptors (Lipinski definition) is 4. The number of anilines is 1. The molecule has 0 bridgehead atoms. The Kier molecular flexibility index (Phi) is 5.75. The van der Waals surface area contributed by atoms with Crippen molar-refractivity contribution >= 4 is 17.3 Å². The van der Waals surface area contributed by atoms with Crippen LogP contribution in [0.1, 0.15) is 30.0 Å². The fourth-order valence-electron chi connectivity index (χ4n) is 2.50. The minimum absolute atomic E-state index is 0.0266. The van der Waals surface area contributed by atoms with Crippen LogP contribution in [0.15, 0.2) is 36.4 Å². The molecule has 2 aromatic rings. The van der Waals surface area contributed by atoms with E-state index in [2.05, 4.69) is 5.32 Å². The first-order chi connectivity index (χ1) is 11.8. The van der Waals surface area contributed by atoms with Gasteiger partial charge >= 0.3 is 0 Å². The average Bonchev–Trinajstić information content (AvgIpc) is 2.57. The first kappa shape index (κ1) is 18.4. The fourth-order valence-corrected chi connectivity index (χ4v) is 2.50. The second kappa shape index (κ2) is 7.79. The van der Waals surface area contributed by atoms with Crippen molar-refractivity contribution in [3.05, 3.63) is 63.2 Å². The van der Waals surface area contributed by atoms with Gasteiger partial charge in [0.05, 0.1) is 16.2 Å². The van der Waals surface area contributed by atoms with Crippen LogP contribution in [0.4, 0.5) is 11.4 Å². The summed E-state index contributed by atoms with van der Waals surface area (Å²) in [4.78, 5) is 23.1. The summed E-state index contributed by atoms with van der Waals surface area (Å²) < 4.78 is 5.88. The van der Waals surface area contributed by atoms with E-state index >= 15 is 0 Å². The Morgan fingerprint density at radius 2 is 1.84 bits per heavy atom. The van der Waals surface area contributed by atoms with Gasteiger partial charge in [0.2, 0.25) is 0 Å². The lowest BCUT2D eigenvalue weighted by molar-refractivity contribution is -0.385. The molecule has 0 saturated heterocycles. The van der Waals surface area contributed by atoms with Crippen LogP contribution in [0.3, 0.4) is 0 Å². The molecule has 1 N–H and O–H groups in total. The molecule has 6 nitrogen and oxygen atoms in total. The van der Waals surface area contributed by atoms with Gasteiger partial charge in [0.15, 0.2) is 6.10 Å². The lowest BCUT2D eigenvalue weighted by Gasteiger charge is -2.19. The van der Waals surface area contributed by atoms with E-state index in [1.807, 2.05) is 39.0 Å². The molecule has 0 radical (unpaired) electrons. The van der Waals surface area contributed by atoms with Gasteiger partial charge in [-0.3, -0.25) is 14.9 Å². The minimum Gasteiger partial charge on any atom is -0.480 e. The van der Waals surface area contributed by atoms with Gasteiger partial charge in [-0.25, -0.2) is 0 Å². The van der Waals surface area contributed by atoms with Gasteiger partial charge in [-0.1, -0.05) is 25.1 Å². The SMILES string of the molecule is CC[C@H](Oc1cccc(C)c1C)C(=O)Nc1cccc([N+](=O)[O-])c1C. The first-order valence-corrected chi connectivity index (χ1v) is 8.12. The summed E-state index contributed by atoms with van der Waals surface area (Å²) in [6, 6.07) is 10.3. The van der Waals surface area contributed by atoms with Gasteiger partial charge in [-0.05, 0) is 50.5 Å². The number of benzene rings is 2. The Hall–Kier alpha value is -2.89. The standard InChI is InChI=1S/C19H22N2O4/c1-5-17(25-18-11-6-8-12(2)13(18)3)19(22)20-15-9-7-10-16(14(15)4)21(23)24/h6-11,17H,5H2,1-4H3,(H,20,22)/t17-/m0/s1. The quantitative estimate of drug-likeness (QED) is 0.626. The lowest BCUT2D eigenvalue weighted by Crippen LogP contribution is -2.32. The topological polar surface area (TPSA) is 81.5 Å². The van der Waals surface area contributed by atoms with Crippen molar-refractivity contribution in [2.24, 2.45) is 0 Å². The fraction of sp³-hybridized carbons (Fsp3) is 0.316. The summed E-state index contributed by atoms with van der Waals surface area (Å²) in [5.74, 6) is 0.338. The second-order valence-corrected chi connectivity index (χ2v) is 5.91. The van der Waals surface area contributed by atoms with E-state index in [1.165, 1.54) is 6.07 Å². The maximum atomic E-state index is 12.6. The largest absolute Gasteiger partial charge is 0.480 e. The normalized spacial score (nSPS) is 11.7. The highest BCUT2D eigenvalue weighted by Crippen LogP contribution is 2.26. The monoisotopic (exact) mass is 342 g/mol. The zero-order valence-corrected chi connectivity index (χ0v) is 14.8. The summed E-state index contributed by atoms with van der Waals surface area (Å²) in [5.41, 5.74) is 2.88. The molecule has 25 heavy (non-hydrogen) atoms. The van der Waals surface area contributed by atoms with Crippen molar-refractivity contribution < 1.29 is 14.5 Å². The molecule has 2 aromatic carbocycles. The molecule has 0 spiro atoms. The molecule has 0 unspecified atom stereocenters. The van der Waals surface area contributed by atoms with E-state index in [0.717, 1.165) is 11.1 Å². The molecule has 0 aliphatic carbocycles. The third-order valence-corrected chi connectivity index (χ3v) is 4.25. The van der Waals surface area contributed by atoms with Gasteiger partial charge in [0.25, 0.3) is 11.6 Å². The lowest BCUT2D eigenvalue weighted by atomic mass is 10.1. The predicted octanol–water partition coefficient (Wildman–Crippen LogP) is 4.32. The van der Waals surface area contributed by atoms with Crippen molar-refractivity contribution in [2.45, 2.75) is 40.2 Å². The summed E-state index contributed by atoms with van der Waals surface area (Å²) >= 11 is 0. The van der Waals surface area contributed by atoms with E-state index in [-0.39, 0.29) is 11.6 Å². The summed E-state index contributed by atoms with van der Waals surface area (Å²) in [5, 5.41) is 13.8. The highest BCUT2D eigenvalue weighted by molar-refractivity contribution is 5.95. The molecule has 0 aromatic heterocycles. The summed E-state index contributed by atoms with van der Waals surface area (Å²) in [6.45, 7) is 7.39. The second-order valence-electron chi connectivity index (χ2n) is 5.91. The number of nitro groups is 1. The van der Waals surface area contributed by atoms with Crippen molar-refractivity contribution in [3.8, 4) is 5.75 Å². The molecule has 1 amide bonds. The molecule has 2 rings (SSSR count). The van der Waals surface area contributed by atoms with Crippen LogP contribution in [0, 0.1) is 30.9 Å². The van der Waals surface area contributed by atoms with E-state index in [9.17, 15) is 14.9 Å². The smallest absolute Gasteiger partial charge is 0.274 e. The molecule has 0 fully saturated rings. The van der Waals surface area contributed by atoms with Crippen LogP contribution in [0.25, 0.3) is 0 Å². The molecule has 0 heterocycles. The van der Waals surface area contributed by atoms with Crippen molar-refractivity contribution in [1.82, 2.24) is 0 Å². The number of rotatable bonds is 6. The van der Waals surface area contributed by atoms with Crippen LogP contribution in [0.5, 0.6) is 5.75 Å². The van der Waals surface area contributed by atoms with Gasteiger partial charge < -0.3 is 10.1 Å². The van der Waals surface area contributed by atoms with Gasteiger partial charge in [-0.15, -0.1) is 0 Å². The zero-order chi connectivity index (χ0) is 18.6. The van der Waals surface area contributed by atoms with Gasteiger partial charge in [-0.2, -0.15) is 0 Å². The molecule has 132 valence electrons. The number of carbonyl (C=O) groups excluding carboxylic acids is 1. The molecule has 6 heteroatoms. The van der Waals surface area contributed by atoms with Crippen LogP contribution in [-0.4, -0.2) is 16.9 Å². The van der Waals surface area contributed by atoms with Crippen LogP contribution in [-0.2, 0) is 4.79 Å². The molecular weight excluding hydrogens is 320 g/mol. The third-order valence-electron chi connectivity index (χ3n) is 4.25. The molecule has 0 saturated carbocycles. The summed E-state index contributed by atoms with van der Waals surface area (Å²) in [7, 11) is 0. The van der Waals surface area contributed by atoms with Crippen LogP contribution >= 0.6 is 0 Å². The van der Waals surface area contributed by atoms with Crippen molar-refractivity contribution in [2.75, 3.05) is 5.32 Å². The predicted molar refractivity (Wildman–Crippen MR) is 97.1 cm³/mol. The Labute approximate surface area is 147 Å². The molecule has 1 atom stereocenters. The third kappa shape index (κ3) is 4.15. The Balaban J connectivity index is 2.19. The maximum Gasteiger partial charge on any atom is 0.274 e. The minimum atomic E-state index is -0.681. The van der Waals surface area contributed by atoms with E-state index in [0.29, 0.717) is 23.4 Å². The highest BCUT2D eigenvalue weighted by Gasteiger charge is 2.22. The first-order valence-electron chi connectivity index (χ1n) is 8.12. The van der Waals surface area contributed by atoms with Crippen molar-refractivity contribution in [1.29, 1.82) is 0 Å². The van der Waals surface area contributed by atoms with Crippen molar-refractivity contribution in [3.63, 3.8) is 0 Å². The highest BCUT2D eigenvalue weighted by atomic mass is 16.6. The number of ether oxygens (including phenoxy) is 1. The van der Waals surface area contributed by atoms with Gasteiger partial charge in [0.1, 0.15) is 5.75 Å². The number of amides is 1. The van der Waals surface area contributed by atoms with E-state index in [4.69, 9.17) is 4.74 Å². The number of aryl methyl sites for hydroxylation is 1. The number of carbonyl (C=O) groups is 1. The van der Waals surface area contributed by atoms with Crippen LogP contribution in [0.2, 0.25) is 0 Å². The number of hydrogen-bond donors (Lipinski definition) is 1. The Bertz CT molecular complexity index is 802. The Morgan fingerprint density at radius 3 is 2.48 bits per heavy atom. The Morgan fingerprint density at radius 1 is 1.16 bits per heavy atom. The van der Waals surface area contributed by atoms with Gasteiger partial charge in [0, 0.05) is 6.07 Å². The number of nitrogens with zero attached hydrogens (tertiary/aromatic N) is 1. The number of nitrogens with one attached hydrogen (secondary N) is 1. The maximum absolute atomic E-state index is 12.6. The zero-order valence-electron chi connectivity index (χ0n) is 14.8. The average molecular weight is 342 g/mol. The van der Waals surface area contributed by atoms with E-state index in [1.54, 1.807) is 19.1 Å². The number of nitro benzene ring substituents is 1. The molecule has 0 aliphatic heterocycles. The summed E-state index contributed by atoms with van der Waals surface area (Å²) in [6.07, 6.45) is -0.202.